The molecule has 0 aliphatic heterocycles. The first kappa shape index (κ1) is 17.2. The van der Waals surface area contributed by atoms with Gasteiger partial charge in [-0.1, -0.05) is 88.1 Å². The van der Waals surface area contributed by atoms with Crippen LogP contribution in [0.4, 0.5) is 0 Å². The molecule has 0 fully saturated rings. The molecule has 0 atom stereocenters. The third kappa shape index (κ3) is 4.31. The third-order valence-corrected chi connectivity index (χ3v) is 6.70. The first-order chi connectivity index (χ1) is 12.6. The van der Waals surface area contributed by atoms with Crippen molar-refractivity contribution in [3.63, 3.8) is 0 Å². The van der Waals surface area contributed by atoms with Gasteiger partial charge >= 0.3 is 0 Å². The van der Waals surface area contributed by atoms with Crippen LogP contribution >= 0.6 is 0 Å². The van der Waals surface area contributed by atoms with Crippen LogP contribution in [0.5, 0.6) is 0 Å². The lowest BCUT2D eigenvalue weighted by Gasteiger charge is -2.22. The Balaban J connectivity index is 1.98. The highest BCUT2D eigenvalue weighted by Crippen LogP contribution is 2.25. The molecular weight excluding hydrogens is 330 g/mol. The molecule has 0 spiro atoms. The molecule has 2 aromatic carbocycles. The maximum absolute atomic E-state index is 8.36. The van der Waals surface area contributed by atoms with Crippen LogP contribution in [0.1, 0.15) is 20.8 Å². The highest BCUT2D eigenvalue weighted by molar-refractivity contribution is 6.89. The summed E-state index contributed by atoms with van der Waals surface area (Å²) < 4.78 is 8.36. The van der Waals surface area contributed by atoms with Gasteiger partial charge in [-0.15, -0.1) is 0 Å². The predicted octanol–water partition coefficient (Wildman–Crippen LogP) is 6.16. The Morgan fingerprint density at radius 2 is 1.46 bits per heavy atom. The molecule has 3 aromatic rings. The zero-order valence-corrected chi connectivity index (χ0v) is 17.5. The number of hydrogen-bond acceptors (Lipinski definition) is 1. The van der Waals surface area contributed by atoms with E-state index >= 15 is 0 Å². The van der Waals surface area contributed by atoms with Gasteiger partial charge in [-0.25, -0.2) is 0 Å². The van der Waals surface area contributed by atoms with Gasteiger partial charge in [0, 0.05) is 13.1 Å². The van der Waals surface area contributed by atoms with E-state index in [2.05, 4.69) is 80.4 Å². The summed E-state index contributed by atoms with van der Waals surface area (Å²) in [6, 6.07) is 21.2. The number of aromatic nitrogens is 1. The van der Waals surface area contributed by atoms with Gasteiger partial charge in [-0.2, -0.15) is 0 Å². The Labute approximate surface area is 160 Å². The summed E-state index contributed by atoms with van der Waals surface area (Å²) in [5.41, 5.74) is 5.84. The number of nitrogens with zero attached hydrogens (tertiary/aromatic N) is 1. The Kier molecular flexibility index (Phi) is 5.03. The summed E-state index contributed by atoms with van der Waals surface area (Å²) in [4.78, 5) is 4.78. The molecule has 3 rings (SSSR count). The molecule has 1 nitrogen and oxygen atoms in total. The maximum Gasteiger partial charge on any atom is 0.0799 e. The fourth-order valence-electron chi connectivity index (χ4n) is 3.32. The number of rotatable bonds is 5. The molecule has 0 N–H and O–H groups in total. The summed E-state index contributed by atoms with van der Waals surface area (Å²) in [7, 11) is -1.50. The number of pyridine rings is 1. The second kappa shape index (κ2) is 7.59. The molecule has 0 saturated carbocycles. The van der Waals surface area contributed by atoms with Crippen LogP contribution in [-0.2, 0) is 6.42 Å². The van der Waals surface area contributed by atoms with Gasteiger partial charge < -0.3 is 0 Å². The van der Waals surface area contributed by atoms with Gasteiger partial charge in [0.15, 0.2) is 0 Å². The van der Waals surface area contributed by atoms with Crippen molar-refractivity contribution in [1.82, 2.24) is 4.98 Å². The van der Waals surface area contributed by atoms with Crippen molar-refractivity contribution < 1.29 is 1.37 Å². The van der Waals surface area contributed by atoms with E-state index in [1.165, 1.54) is 21.9 Å². The molecule has 0 saturated heterocycles. The Bertz CT molecular complexity index is 904. The average molecular weight is 361 g/mol. The molecule has 0 radical (unpaired) electrons. The smallest absolute Gasteiger partial charge is 0.0799 e. The van der Waals surface area contributed by atoms with Crippen molar-refractivity contribution in [2.24, 2.45) is 5.89 Å². The monoisotopic (exact) mass is 360 g/mol. The normalized spacial score (nSPS) is 12.7. The van der Waals surface area contributed by atoms with Gasteiger partial charge in [0.2, 0.25) is 0 Å². The lowest BCUT2D eigenvalue weighted by atomic mass is 9.99. The molecule has 0 bridgehead atoms. The average Bonchev–Trinajstić information content (AvgIpc) is 2.60. The van der Waals surface area contributed by atoms with E-state index in [1.54, 1.807) is 0 Å². The van der Waals surface area contributed by atoms with E-state index < -0.39 is 14.0 Å². The molecule has 1 aromatic heterocycles. The number of benzene rings is 2. The maximum atomic E-state index is 8.36. The molecular formula is C24H29NSi. The molecule has 0 amide bonds. The van der Waals surface area contributed by atoms with Crippen LogP contribution in [0, 0.1) is 5.89 Å². The topological polar surface area (TPSA) is 12.9 Å². The van der Waals surface area contributed by atoms with Crippen molar-refractivity contribution in [2.75, 3.05) is 0 Å². The summed E-state index contributed by atoms with van der Waals surface area (Å²) in [6.07, 6.45) is 2.82. The van der Waals surface area contributed by atoms with Gasteiger partial charge in [0.05, 0.1) is 13.8 Å². The minimum Gasteiger partial charge on any atom is -0.256 e. The van der Waals surface area contributed by atoms with E-state index in [0.717, 1.165) is 17.7 Å². The minimum absolute atomic E-state index is 0.482. The zero-order valence-electron chi connectivity index (χ0n) is 17.5. The molecule has 0 aliphatic rings. The molecule has 26 heavy (non-hydrogen) atoms. The van der Waals surface area contributed by atoms with E-state index in [-0.39, 0.29) is 0 Å². The summed E-state index contributed by atoms with van der Waals surface area (Å²) in [6.45, 7) is 11.0. The van der Waals surface area contributed by atoms with Crippen LogP contribution in [0.25, 0.3) is 22.4 Å². The Morgan fingerprint density at radius 3 is 2.04 bits per heavy atom. The van der Waals surface area contributed by atoms with Gasteiger partial charge in [-0.3, -0.25) is 4.98 Å². The van der Waals surface area contributed by atoms with Crippen molar-refractivity contribution in [3.8, 4) is 22.4 Å². The van der Waals surface area contributed by atoms with E-state index in [9.17, 15) is 0 Å². The summed E-state index contributed by atoms with van der Waals surface area (Å²) >= 11 is 0. The molecule has 2 heteroatoms. The van der Waals surface area contributed by atoms with Gasteiger partial charge in [0.25, 0.3) is 0 Å². The largest absolute Gasteiger partial charge is 0.256 e. The van der Waals surface area contributed by atoms with E-state index in [1.807, 2.05) is 19.9 Å². The van der Waals surface area contributed by atoms with Crippen LogP contribution in [0.15, 0.2) is 66.9 Å². The molecule has 1 heterocycles. The SMILES string of the molecule is [2H]C(C)(C)Cc1cc(-c2ccc(-c3ccccc3)cc2)ncc1[Si](C)(C)C. The van der Waals surface area contributed by atoms with Crippen molar-refractivity contribution >= 4 is 13.3 Å². The van der Waals surface area contributed by atoms with Crippen LogP contribution < -0.4 is 5.19 Å². The highest BCUT2D eigenvalue weighted by Gasteiger charge is 2.21. The van der Waals surface area contributed by atoms with Gasteiger partial charge in [-0.05, 0) is 40.3 Å². The molecule has 0 aliphatic carbocycles. The van der Waals surface area contributed by atoms with E-state index in [4.69, 9.17) is 6.35 Å². The lowest BCUT2D eigenvalue weighted by molar-refractivity contribution is 0.649. The minimum atomic E-state index is -1.50. The lowest BCUT2D eigenvalue weighted by Crippen LogP contribution is -2.40. The first-order valence-electron chi connectivity index (χ1n) is 9.79. The van der Waals surface area contributed by atoms with Crippen molar-refractivity contribution in [2.45, 2.75) is 39.9 Å². The summed E-state index contributed by atoms with van der Waals surface area (Å²) in [5.74, 6) is -0.482. The van der Waals surface area contributed by atoms with Gasteiger partial charge in [0.1, 0.15) is 0 Å². The Hall–Kier alpha value is -2.19. The second-order valence-electron chi connectivity index (χ2n) is 8.30. The fourth-order valence-corrected chi connectivity index (χ4v) is 4.90. The number of hydrogen-bond donors (Lipinski definition) is 0. The van der Waals surface area contributed by atoms with Crippen LogP contribution in [-0.4, -0.2) is 13.1 Å². The van der Waals surface area contributed by atoms with Crippen LogP contribution in [0.2, 0.25) is 19.6 Å². The zero-order chi connectivity index (χ0) is 19.7. The van der Waals surface area contributed by atoms with Crippen molar-refractivity contribution in [3.05, 3.63) is 72.4 Å². The first-order valence-corrected chi connectivity index (χ1v) is 12.8. The standard InChI is InChI=1S/C24H29NSi/c1-18(2)15-22-16-23(25-17-24(22)26(3,4)5)21-13-11-20(12-14-21)19-9-7-6-8-10-19/h6-14,16-18H,15H2,1-5H3/i18D. The van der Waals surface area contributed by atoms with E-state index in [0.29, 0.717) is 0 Å². The predicted molar refractivity (Wildman–Crippen MR) is 117 cm³/mol. The Morgan fingerprint density at radius 1 is 0.885 bits per heavy atom. The quantitative estimate of drug-likeness (QED) is 0.497. The highest BCUT2D eigenvalue weighted by atomic mass is 28.3. The van der Waals surface area contributed by atoms with Crippen LogP contribution in [0.3, 0.4) is 0 Å². The molecule has 134 valence electrons. The second-order valence-corrected chi connectivity index (χ2v) is 13.3. The van der Waals surface area contributed by atoms with Crippen molar-refractivity contribution in [1.29, 1.82) is 0 Å². The fraction of sp³-hybridized carbons (Fsp3) is 0.292. The third-order valence-electron chi connectivity index (χ3n) is 4.63. The molecule has 0 unspecified atom stereocenters. The summed E-state index contributed by atoms with van der Waals surface area (Å²) in [5, 5.41) is 1.37.